The number of amides is 1. The average Bonchev–Trinajstić information content (AvgIpc) is 3.16. The number of esters is 1. The van der Waals surface area contributed by atoms with Gasteiger partial charge in [-0.05, 0) is 80.1 Å². The Morgan fingerprint density at radius 2 is 1.80 bits per heavy atom. The van der Waals surface area contributed by atoms with Crippen molar-refractivity contribution in [2.75, 3.05) is 6.61 Å². The highest BCUT2D eigenvalue weighted by Crippen LogP contribution is 2.67. The Kier molecular flexibility index (Phi) is 8.86. The van der Waals surface area contributed by atoms with Gasteiger partial charge in [0.1, 0.15) is 11.6 Å². The number of carbonyl (C=O) groups is 5. The summed E-state index contributed by atoms with van der Waals surface area (Å²) in [6.07, 6.45) is 4.47. The van der Waals surface area contributed by atoms with Crippen molar-refractivity contribution in [2.45, 2.75) is 110 Å². The zero-order valence-electron chi connectivity index (χ0n) is 24.6. The lowest BCUT2D eigenvalue weighted by Crippen LogP contribution is -2.62. The largest absolute Gasteiger partial charge is 0.480 e. The summed E-state index contributed by atoms with van der Waals surface area (Å²) < 4.78 is 5.16. The van der Waals surface area contributed by atoms with Crippen molar-refractivity contribution in [1.82, 2.24) is 5.32 Å². The van der Waals surface area contributed by atoms with Crippen LogP contribution in [-0.2, 0) is 28.7 Å². The molecule has 4 aliphatic rings. The first-order chi connectivity index (χ1) is 19.1. The summed E-state index contributed by atoms with van der Waals surface area (Å²) in [5.41, 5.74) is -1.81. The van der Waals surface area contributed by atoms with Crippen LogP contribution >= 0.6 is 0 Å². The van der Waals surface area contributed by atoms with E-state index in [1.807, 2.05) is 20.8 Å². The van der Waals surface area contributed by atoms with Crippen LogP contribution in [0.4, 0.5) is 0 Å². The number of aliphatic hydroxyl groups excluding tert-OH is 1. The van der Waals surface area contributed by atoms with Crippen molar-refractivity contribution in [3.05, 3.63) is 11.6 Å². The molecule has 0 spiro atoms. The van der Waals surface area contributed by atoms with Gasteiger partial charge in [-0.3, -0.25) is 19.2 Å². The van der Waals surface area contributed by atoms with Gasteiger partial charge in [0.05, 0.1) is 12.5 Å². The molecule has 3 fully saturated rings. The van der Waals surface area contributed by atoms with E-state index in [1.165, 1.54) is 0 Å². The summed E-state index contributed by atoms with van der Waals surface area (Å²) in [5, 5.41) is 35.0. The van der Waals surface area contributed by atoms with Crippen LogP contribution in [0.3, 0.4) is 0 Å². The first-order valence-corrected chi connectivity index (χ1v) is 15.0. The zero-order chi connectivity index (χ0) is 30.3. The van der Waals surface area contributed by atoms with Gasteiger partial charge < -0.3 is 25.4 Å². The molecule has 10 nitrogen and oxygen atoms in total. The number of hydrogen-bond acceptors (Lipinski definition) is 8. The smallest absolute Gasteiger partial charge is 0.326 e. The topological polar surface area (TPSA) is 167 Å². The number of ether oxygens (including phenoxy) is 1. The van der Waals surface area contributed by atoms with Crippen molar-refractivity contribution in [3.8, 4) is 0 Å². The number of aliphatic hydroxyl groups is 2. The number of carboxylic acids is 1. The Balaban J connectivity index is 1.36. The van der Waals surface area contributed by atoms with Crippen LogP contribution in [0, 0.1) is 34.5 Å². The highest BCUT2D eigenvalue weighted by molar-refractivity contribution is 5.92. The average molecular weight is 576 g/mol. The van der Waals surface area contributed by atoms with E-state index >= 15 is 0 Å². The molecule has 1 amide bonds. The molecule has 8 atom stereocenters. The molecule has 0 heterocycles. The number of rotatable bonds is 10. The maximum Gasteiger partial charge on any atom is 0.326 e. The van der Waals surface area contributed by atoms with Gasteiger partial charge in [0.15, 0.2) is 12.4 Å². The number of carbonyl (C=O) groups excluding carboxylic acids is 4. The van der Waals surface area contributed by atoms with Crippen LogP contribution in [0.5, 0.6) is 0 Å². The van der Waals surface area contributed by atoms with Gasteiger partial charge >= 0.3 is 11.9 Å². The Labute approximate surface area is 241 Å². The molecule has 4 aliphatic carbocycles. The van der Waals surface area contributed by atoms with Gasteiger partial charge in [-0.2, -0.15) is 0 Å². The second-order valence-electron chi connectivity index (χ2n) is 13.6. The maximum atomic E-state index is 13.4. The van der Waals surface area contributed by atoms with Gasteiger partial charge in [-0.15, -0.1) is 0 Å². The number of ketones is 2. The minimum atomic E-state index is -1.76. The fourth-order valence-electron chi connectivity index (χ4n) is 8.66. The number of Topliss-reactive ketones (excluding diaryl/α,β-unsaturated/α-hetero) is 1. The van der Waals surface area contributed by atoms with Crippen molar-refractivity contribution < 1.29 is 44.0 Å². The first-order valence-electron chi connectivity index (χ1n) is 15.0. The molecule has 0 aromatic rings. The summed E-state index contributed by atoms with van der Waals surface area (Å²) in [7, 11) is 0. The Morgan fingerprint density at radius 1 is 1.10 bits per heavy atom. The third-order valence-electron chi connectivity index (χ3n) is 10.8. The molecule has 3 saturated carbocycles. The van der Waals surface area contributed by atoms with E-state index in [9.17, 15) is 39.3 Å². The highest BCUT2D eigenvalue weighted by atomic mass is 16.5. The van der Waals surface area contributed by atoms with Crippen molar-refractivity contribution >= 4 is 29.4 Å². The number of nitrogens with one attached hydrogen (secondary N) is 1. The van der Waals surface area contributed by atoms with E-state index in [-0.39, 0.29) is 67.0 Å². The second-order valence-corrected chi connectivity index (χ2v) is 13.6. The molecule has 0 unspecified atom stereocenters. The van der Waals surface area contributed by atoms with Crippen LogP contribution in [0.1, 0.15) is 91.9 Å². The van der Waals surface area contributed by atoms with Crippen LogP contribution in [-0.4, -0.2) is 69.1 Å². The van der Waals surface area contributed by atoms with E-state index < -0.39 is 53.4 Å². The minimum Gasteiger partial charge on any atom is -0.480 e. The summed E-state index contributed by atoms with van der Waals surface area (Å²) in [6.45, 7) is 7.05. The molecular weight excluding hydrogens is 530 g/mol. The Hall–Kier alpha value is -2.59. The zero-order valence-corrected chi connectivity index (χ0v) is 24.6. The molecular formula is C31H45NO9. The summed E-state index contributed by atoms with van der Waals surface area (Å²) in [4.78, 5) is 61.4. The SMILES string of the molecule is CC(C)C[C@@H](NC(=O)CCC(=O)OCC(=O)[C@@]1(O)CC[C@H]2[C@@H]3CCC4=CC(=O)CC[C@]4(C)[C@H]3[C@@H](O)C[C@@]21C)C(=O)O. The van der Waals surface area contributed by atoms with Gasteiger partial charge in [-0.1, -0.05) is 33.3 Å². The van der Waals surface area contributed by atoms with E-state index in [0.29, 0.717) is 19.3 Å². The van der Waals surface area contributed by atoms with Gasteiger partial charge in [-0.25, -0.2) is 4.79 Å². The Bertz CT molecular complexity index is 1130. The molecule has 0 aliphatic heterocycles. The number of fused-ring (bicyclic) bond motifs is 5. The summed E-state index contributed by atoms with van der Waals surface area (Å²) >= 11 is 0. The van der Waals surface area contributed by atoms with E-state index in [0.717, 1.165) is 18.4 Å². The quantitative estimate of drug-likeness (QED) is 0.286. The minimum absolute atomic E-state index is 0.00766. The van der Waals surface area contributed by atoms with E-state index in [4.69, 9.17) is 4.74 Å². The molecule has 0 aromatic heterocycles. The standard InChI is InChI=1S/C31H45NO9/c1-17(2)13-22(28(38)39)32-25(36)7-8-26(37)41-16-24(35)31(40)12-10-21-20-6-5-18-14-19(33)9-11-29(18,3)27(20)23(34)15-30(21,31)4/h14,17,20-23,27,34,40H,5-13,15-16H2,1-4H3,(H,32,36)(H,38,39)/t20-,21-,22+,23-,27+,29-,30-,31-/m0/s1. The van der Waals surface area contributed by atoms with Crippen molar-refractivity contribution in [2.24, 2.45) is 34.5 Å². The van der Waals surface area contributed by atoms with Gasteiger partial charge in [0, 0.05) is 18.3 Å². The molecule has 10 heteroatoms. The van der Waals surface area contributed by atoms with Crippen LogP contribution in [0.2, 0.25) is 0 Å². The van der Waals surface area contributed by atoms with Crippen LogP contribution in [0.15, 0.2) is 11.6 Å². The molecule has 0 aromatic carbocycles. The monoisotopic (exact) mass is 575 g/mol. The van der Waals surface area contributed by atoms with Crippen LogP contribution in [0.25, 0.3) is 0 Å². The number of hydrogen-bond donors (Lipinski definition) is 4. The molecule has 4 rings (SSSR count). The van der Waals surface area contributed by atoms with E-state index in [2.05, 4.69) is 12.2 Å². The fraction of sp³-hybridized carbons (Fsp3) is 0.774. The fourth-order valence-corrected chi connectivity index (χ4v) is 8.66. The highest BCUT2D eigenvalue weighted by Gasteiger charge is 2.68. The molecule has 0 saturated heterocycles. The number of allylic oxidation sites excluding steroid dienone is 1. The molecule has 0 radical (unpaired) electrons. The lowest BCUT2D eigenvalue weighted by Gasteiger charge is -2.60. The number of aliphatic carboxylic acids is 1. The van der Waals surface area contributed by atoms with E-state index in [1.54, 1.807) is 6.08 Å². The van der Waals surface area contributed by atoms with Crippen molar-refractivity contribution in [3.63, 3.8) is 0 Å². The third-order valence-corrected chi connectivity index (χ3v) is 10.8. The van der Waals surface area contributed by atoms with Crippen LogP contribution < -0.4 is 5.32 Å². The normalized spacial score (nSPS) is 36.9. The van der Waals surface area contributed by atoms with Gasteiger partial charge in [0.2, 0.25) is 11.7 Å². The summed E-state index contributed by atoms with van der Waals surface area (Å²) in [5.74, 6) is -2.89. The lowest BCUT2D eigenvalue weighted by atomic mass is 9.45. The molecule has 228 valence electrons. The molecule has 41 heavy (non-hydrogen) atoms. The predicted molar refractivity (Wildman–Crippen MR) is 147 cm³/mol. The van der Waals surface area contributed by atoms with Crippen molar-refractivity contribution in [1.29, 1.82) is 0 Å². The first kappa shape index (κ1) is 31.3. The second kappa shape index (κ2) is 11.6. The molecule has 4 N–H and O–H groups in total. The third kappa shape index (κ3) is 5.74. The van der Waals surface area contributed by atoms with Gasteiger partial charge in [0.25, 0.3) is 0 Å². The predicted octanol–water partition coefficient (Wildman–Crippen LogP) is 2.73. The summed E-state index contributed by atoms with van der Waals surface area (Å²) in [6, 6.07) is -1.05. The lowest BCUT2D eigenvalue weighted by molar-refractivity contribution is -0.184. The maximum absolute atomic E-state index is 13.4. The number of carboxylic acid groups (broad SMARTS) is 1. The Morgan fingerprint density at radius 3 is 2.46 bits per heavy atom. The molecule has 0 bridgehead atoms.